The van der Waals surface area contributed by atoms with E-state index in [0.29, 0.717) is 11.8 Å². The molecule has 2 fully saturated rings. The van der Waals surface area contributed by atoms with Crippen molar-refractivity contribution in [2.75, 3.05) is 19.6 Å². The number of hydrogen-bond donors (Lipinski definition) is 1. The van der Waals surface area contributed by atoms with Crippen molar-refractivity contribution >= 4 is 5.91 Å². The van der Waals surface area contributed by atoms with E-state index in [1.54, 1.807) is 0 Å². The van der Waals surface area contributed by atoms with Crippen LogP contribution in [0.25, 0.3) is 0 Å². The molecule has 0 radical (unpaired) electrons. The third-order valence-corrected chi connectivity index (χ3v) is 5.66. The minimum atomic E-state index is 0.328. The zero-order valence-electron chi connectivity index (χ0n) is 13.9. The van der Waals surface area contributed by atoms with Crippen LogP contribution in [0.1, 0.15) is 71.1 Å². The van der Waals surface area contributed by atoms with E-state index in [1.165, 1.54) is 32.1 Å². The van der Waals surface area contributed by atoms with E-state index < -0.39 is 0 Å². The van der Waals surface area contributed by atoms with E-state index in [-0.39, 0.29) is 0 Å². The van der Waals surface area contributed by atoms with Crippen molar-refractivity contribution in [1.29, 1.82) is 0 Å². The molecule has 1 saturated heterocycles. The largest absolute Gasteiger partial charge is 0.342 e. The van der Waals surface area contributed by atoms with Crippen LogP contribution in [0, 0.1) is 17.8 Å². The standard InChI is InChI=1S/C18H34N2O/c1-2-3-4-15-5-7-17(8-6-15)18(21)20-13-10-16(9-12-19)11-14-20/h15-17H,2-14,19H2,1H3. The van der Waals surface area contributed by atoms with E-state index in [2.05, 4.69) is 11.8 Å². The van der Waals surface area contributed by atoms with Crippen LogP contribution in [-0.2, 0) is 4.79 Å². The van der Waals surface area contributed by atoms with Crippen molar-refractivity contribution in [2.45, 2.75) is 71.1 Å². The summed E-state index contributed by atoms with van der Waals surface area (Å²) in [5, 5.41) is 0. The summed E-state index contributed by atoms with van der Waals surface area (Å²) in [7, 11) is 0. The lowest BCUT2D eigenvalue weighted by molar-refractivity contribution is -0.138. The smallest absolute Gasteiger partial charge is 0.225 e. The fraction of sp³-hybridized carbons (Fsp3) is 0.944. The molecule has 1 aliphatic carbocycles. The average molecular weight is 294 g/mol. The topological polar surface area (TPSA) is 46.3 Å². The summed E-state index contributed by atoms with van der Waals surface area (Å²) in [6, 6.07) is 0. The van der Waals surface area contributed by atoms with Crippen LogP contribution in [0.5, 0.6) is 0 Å². The van der Waals surface area contributed by atoms with E-state index in [9.17, 15) is 4.79 Å². The van der Waals surface area contributed by atoms with E-state index in [0.717, 1.165) is 63.6 Å². The predicted molar refractivity (Wildman–Crippen MR) is 87.9 cm³/mol. The second-order valence-electron chi connectivity index (χ2n) is 7.21. The highest BCUT2D eigenvalue weighted by molar-refractivity contribution is 5.79. The molecule has 0 atom stereocenters. The number of unbranched alkanes of at least 4 members (excludes halogenated alkanes) is 1. The van der Waals surface area contributed by atoms with Gasteiger partial charge in [-0.2, -0.15) is 0 Å². The number of hydrogen-bond acceptors (Lipinski definition) is 2. The van der Waals surface area contributed by atoms with Crippen molar-refractivity contribution in [3.8, 4) is 0 Å². The summed E-state index contributed by atoms with van der Waals surface area (Å²) in [6.45, 7) is 5.00. The maximum Gasteiger partial charge on any atom is 0.225 e. The molecule has 0 aromatic rings. The Bertz CT molecular complexity index is 302. The molecule has 0 spiro atoms. The van der Waals surface area contributed by atoms with E-state index in [1.807, 2.05) is 0 Å². The Kier molecular flexibility index (Phi) is 7.01. The van der Waals surface area contributed by atoms with Crippen LogP contribution in [-0.4, -0.2) is 30.4 Å². The fourth-order valence-electron chi connectivity index (χ4n) is 4.13. The maximum atomic E-state index is 12.6. The van der Waals surface area contributed by atoms with Gasteiger partial charge in [0.15, 0.2) is 0 Å². The third-order valence-electron chi connectivity index (χ3n) is 5.66. The van der Waals surface area contributed by atoms with Crippen LogP contribution in [0.4, 0.5) is 0 Å². The maximum absolute atomic E-state index is 12.6. The summed E-state index contributed by atoms with van der Waals surface area (Å²) in [6.07, 6.45) is 12.3. The number of amides is 1. The molecule has 2 aliphatic rings. The van der Waals surface area contributed by atoms with Gasteiger partial charge in [0, 0.05) is 19.0 Å². The molecule has 0 aromatic heterocycles. The Balaban J connectivity index is 1.70. The molecule has 0 unspecified atom stereocenters. The van der Waals surface area contributed by atoms with Gasteiger partial charge < -0.3 is 10.6 Å². The zero-order chi connectivity index (χ0) is 15.1. The molecule has 21 heavy (non-hydrogen) atoms. The summed E-state index contributed by atoms with van der Waals surface area (Å²) < 4.78 is 0. The van der Waals surface area contributed by atoms with Gasteiger partial charge in [0.2, 0.25) is 5.91 Å². The van der Waals surface area contributed by atoms with Gasteiger partial charge in [0.05, 0.1) is 0 Å². The summed E-state index contributed by atoms with van der Waals surface area (Å²) in [4.78, 5) is 14.8. The SMILES string of the molecule is CCCCC1CCC(C(=O)N2CCC(CCN)CC2)CC1. The average Bonchev–Trinajstić information content (AvgIpc) is 2.54. The molecule has 122 valence electrons. The Morgan fingerprint density at radius 3 is 2.19 bits per heavy atom. The highest BCUT2D eigenvalue weighted by Crippen LogP contribution is 2.33. The molecule has 1 amide bonds. The molecule has 0 aromatic carbocycles. The summed E-state index contributed by atoms with van der Waals surface area (Å²) in [5.74, 6) is 2.43. The first-order chi connectivity index (χ1) is 10.2. The molecule has 2 rings (SSSR count). The number of nitrogens with zero attached hydrogens (tertiary/aromatic N) is 1. The minimum absolute atomic E-state index is 0.328. The second-order valence-corrected chi connectivity index (χ2v) is 7.21. The van der Waals surface area contributed by atoms with Crippen LogP contribution in [0.3, 0.4) is 0 Å². The van der Waals surface area contributed by atoms with Crippen LogP contribution >= 0.6 is 0 Å². The summed E-state index contributed by atoms with van der Waals surface area (Å²) in [5.41, 5.74) is 5.64. The molecule has 1 heterocycles. The molecule has 0 bridgehead atoms. The fourth-order valence-corrected chi connectivity index (χ4v) is 4.13. The van der Waals surface area contributed by atoms with Crippen molar-refractivity contribution in [2.24, 2.45) is 23.5 Å². The highest BCUT2D eigenvalue weighted by Gasteiger charge is 2.31. The lowest BCUT2D eigenvalue weighted by Crippen LogP contribution is -2.42. The number of carbonyl (C=O) groups excluding carboxylic acids is 1. The normalized spacial score (nSPS) is 27.8. The monoisotopic (exact) mass is 294 g/mol. The van der Waals surface area contributed by atoms with Gasteiger partial charge in [-0.1, -0.05) is 26.2 Å². The molecule has 3 nitrogen and oxygen atoms in total. The minimum Gasteiger partial charge on any atom is -0.342 e. The Morgan fingerprint density at radius 1 is 1.00 bits per heavy atom. The number of rotatable bonds is 6. The third kappa shape index (κ3) is 4.98. The molecule has 1 saturated carbocycles. The Hall–Kier alpha value is -0.570. The van der Waals surface area contributed by atoms with Gasteiger partial charge in [-0.05, 0) is 63.3 Å². The number of piperidine rings is 1. The van der Waals surface area contributed by atoms with Gasteiger partial charge >= 0.3 is 0 Å². The molecular weight excluding hydrogens is 260 g/mol. The van der Waals surface area contributed by atoms with Gasteiger partial charge in [-0.25, -0.2) is 0 Å². The van der Waals surface area contributed by atoms with E-state index >= 15 is 0 Å². The molecular formula is C18H34N2O. The zero-order valence-corrected chi connectivity index (χ0v) is 13.9. The number of nitrogens with two attached hydrogens (primary N) is 1. The Morgan fingerprint density at radius 2 is 1.62 bits per heavy atom. The van der Waals surface area contributed by atoms with Gasteiger partial charge in [-0.3, -0.25) is 4.79 Å². The van der Waals surface area contributed by atoms with E-state index in [4.69, 9.17) is 5.73 Å². The molecule has 3 heteroatoms. The van der Waals surface area contributed by atoms with Crippen LogP contribution in [0.15, 0.2) is 0 Å². The van der Waals surface area contributed by atoms with Gasteiger partial charge in [0.25, 0.3) is 0 Å². The predicted octanol–water partition coefficient (Wildman–Crippen LogP) is 3.57. The lowest BCUT2D eigenvalue weighted by Gasteiger charge is -2.36. The van der Waals surface area contributed by atoms with Crippen molar-refractivity contribution in [1.82, 2.24) is 4.90 Å². The van der Waals surface area contributed by atoms with Gasteiger partial charge in [-0.15, -0.1) is 0 Å². The second kappa shape index (κ2) is 8.77. The first kappa shape index (κ1) is 16.8. The van der Waals surface area contributed by atoms with Crippen molar-refractivity contribution < 1.29 is 4.79 Å². The summed E-state index contributed by atoms with van der Waals surface area (Å²) >= 11 is 0. The molecule has 1 aliphatic heterocycles. The number of carbonyl (C=O) groups is 1. The first-order valence-corrected chi connectivity index (χ1v) is 9.23. The number of likely N-dealkylation sites (tertiary alicyclic amines) is 1. The first-order valence-electron chi connectivity index (χ1n) is 9.23. The quantitative estimate of drug-likeness (QED) is 0.814. The van der Waals surface area contributed by atoms with Crippen LogP contribution < -0.4 is 5.73 Å². The highest BCUT2D eigenvalue weighted by atomic mass is 16.2. The van der Waals surface area contributed by atoms with Crippen LogP contribution in [0.2, 0.25) is 0 Å². The Labute approximate surface area is 130 Å². The van der Waals surface area contributed by atoms with Crippen molar-refractivity contribution in [3.05, 3.63) is 0 Å². The molecule has 2 N–H and O–H groups in total. The van der Waals surface area contributed by atoms with Crippen molar-refractivity contribution in [3.63, 3.8) is 0 Å². The van der Waals surface area contributed by atoms with Gasteiger partial charge in [0.1, 0.15) is 0 Å². The lowest BCUT2D eigenvalue weighted by atomic mass is 9.79.